The molecule has 14 heteroatoms. The number of hydrogen-bond acceptors (Lipinski definition) is 7. The predicted octanol–water partition coefficient (Wildman–Crippen LogP) is 0.503. The largest absolute Gasteiger partial charge is 0.469 e. The molecule has 1 fully saturated rings. The standard InChI is InChI=1S/C23H41N4O9P/c1-17-15-26(21-14-18(36-37(31,32)33)19(35-21)16-34-5)23(30)25(22(17)29)12-8-6-7-11-24-20(28)10-9-13-27(2,3)4/h15,18-19,21H,6-14,16H2,1-5H3,(H2-,24,28,31,32,33)/p+1. The van der Waals surface area contributed by atoms with E-state index >= 15 is 0 Å². The number of ether oxygens (including phenoxy) is 2. The zero-order valence-corrected chi connectivity index (χ0v) is 23.3. The normalized spacial score (nSPS) is 20.4. The van der Waals surface area contributed by atoms with Gasteiger partial charge in [0.15, 0.2) is 0 Å². The topological polar surface area (TPSA) is 158 Å². The maximum absolute atomic E-state index is 13.1. The fourth-order valence-electron chi connectivity index (χ4n) is 4.24. The molecule has 2 rings (SSSR count). The Hall–Kier alpha value is -1.86. The van der Waals surface area contributed by atoms with Crippen molar-refractivity contribution >= 4 is 13.7 Å². The second-order valence-electron chi connectivity index (χ2n) is 10.4. The minimum absolute atomic E-state index is 0.00511. The molecule has 13 nitrogen and oxygen atoms in total. The van der Waals surface area contributed by atoms with E-state index in [1.807, 2.05) is 0 Å². The number of carbonyl (C=O) groups excluding carboxylic acids is 1. The van der Waals surface area contributed by atoms with Gasteiger partial charge in [-0.15, -0.1) is 0 Å². The number of phosphoric ester groups is 1. The van der Waals surface area contributed by atoms with Crippen LogP contribution in [0.25, 0.3) is 0 Å². The molecular formula is C23H42N4O9P+. The first kappa shape index (κ1) is 31.4. The van der Waals surface area contributed by atoms with E-state index in [1.165, 1.54) is 17.9 Å². The quantitative estimate of drug-likeness (QED) is 0.161. The first-order chi connectivity index (χ1) is 17.2. The molecule has 0 radical (unpaired) electrons. The summed E-state index contributed by atoms with van der Waals surface area (Å²) in [5.74, 6) is 0.0237. The van der Waals surface area contributed by atoms with Crippen LogP contribution in [0.4, 0.5) is 0 Å². The van der Waals surface area contributed by atoms with Crippen LogP contribution in [0.5, 0.6) is 0 Å². The van der Waals surface area contributed by atoms with Crippen LogP contribution in [0.15, 0.2) is 15.8 Å². The molecular weight excluding hydrogens is 507 g/mol. The summed E-state index contributed by atoms with van der Waals surface area (Å²) >= 11 is 0. The minimum atomic E-state index is -4.78. The highest BCUT2D eigenvalue weighted by Crippen LogP contribution is 2.43. The van der Waals surface area contributed by atoms with E-state index in [0.717, 1.165) is 28.4 Å². The van der Waals surface area contributed by atoms with E-state index in [-0.39, 0.29) is 25.5 Å². The Morgan fingerprint density at radius 2 is 1.92 bits per heavy atom. The van der Waals surface area contributed by atoms with Gasteiger partial charge in [0.25, 0.3) is 5.56 Å². The molecule has 3 atom stereocenters. The van der Waals surface area contributed by atoms with E-state index in [1.54, 1.807) is 6.92 Å². The van der Waals surface area contributed by atoms with Crippen molar-refractivity contribution in [1.82, 2.24) is 14.5 Å². The average Bonchev–Trinajstić information content (AvgIpc) is 3.14. The van der Waals surface area contributed by atoms with Crippen molar-refractivity contribution in [2.75, 3.05) is 47.9 Å². The molecule has 1 aromatic rings. The van der Waals surface area contributed by atoms with Gasteiger partial charge in [0, 0.05) is 51.2 Å². The Balaban J connectivity index is 1.94. The van der Waals surface area contributed by atoms with E-state index < -0.39 is 37.5 Å². The number of aromatic nitrogens is 2. The van der Waals surface area contributed by atoms with Gasteiger partial charge in [-0.1, -0.05) is 0 Å². The molecule has 1 aliphatic rings. The number of rotatable bonds is 15. The molecule has 0 saturated carbocycles. The first-order valence-corrected chi connectivity index (χ1v) is 14.0. The van der Waals surface area contributed by atoms with Gasteiger partial charge < -0.3 is 29.1 Å². The van der Waals surface area contributed by atoms with Crippen LogP contribution in [-0.4, -0.2) is 89.5 Å². The number of amides is 1. The van der Waals surface area contributed by atoms with Crippen molar-refractivity contribution in [3.05, 3.63) is 32.6 Å². The molecule has 37 heavy (non-hydrogen) atoms. The third-order valence-corrected chi connectivity index (χ3v) is 6.62. The first-order valence-electron chi connectivity index (χ1n) is 12.5. The summed E-state index contributed by atoms with van der Waals surface area (Å²) in [6.07, 6.45) is 2.06. The molecule has 0 spiro atoms. The van der Waals surface area contributed by atoms with Gasteiger partial charge in [-0.3, -0.25) is 23.2 Å². The number of nitrogens with zero attached hydrogens (tertiary/aromatic N) is 3. The molecule has 2 heterocycles. The summed E-state index contributed by atoms with van der Waals surface area (Å²) in [5.41, 5.74) is -0.632. The smallest absolute Gasteiger partial charge is 0.382 e. The Bertz CT molecular complexity index is 1060. The third kappa shape index (κ3) is 10.4. The lowest BCUT2D eigenvalue weighted by Gasteiger charge is -2.23. The number of hydrogen-bond donors (Lipinski definition) is 3. The maximum Gasteiger partial charge on any atom is 0.469 e. The highest BCUT2D eigenvalue weighted by atomic mass is 31.2. The van der Waals surface area contributed by atoms with Gasteiger partial charge in [-0.2, -0.15) is 0 Å². The molecule has 1 aromatic heterocycles. The van der Waals surface area contributed by atoms with Crippen molar-refractivity contribution in [2.24, 2.45) is 0 Å². The van der Waals surface area contributed by atoms with Crippen molar-refractivity contribution in [2.45, 2.75) is 70.4 Å². The van der Waals surface area contributed by atoms with Crippen LogP contribution in [-0.2, 0) is 29.9 Å². The molecule has 0 bridgehead atoms. The van der Waals surface area contributed by atoms with Crippen LogP contribution in [0.3, 0.4) is 0 Å². The number of nitrogens with one attached hydrogen (secondary N) is 1. The molecule has 0 aromatic carbocycles. The summed E-state index contributed by atoms with van der Waals surface area (Å²) in [5, 5.41) is 2.91. The van der Waals surface area contributed by atoms with Gasteiger partial charge >= 0.3 is 13.5 Å². The molecule has 1 amide bonds. The highest BCUT2D eigenvalue weighted by Gasteiger charge is 2.41. The van der Waals surface area contributed by atoms with Crippen molar-refractivity contribution in [3.63, 3.8) is 0 Å². The number of phosphoric acid groups is 1. The lowest BCUT2D eigenvalue weighted by Crippen LogP contribution is -2.42. The SMILES string of the molecule is COCC1OC(n2cc(C)c(=O)n(CCCCCNC(=O)CCC[N+](C)(C)C)c2=O)CC1OP(=O)(O)O. The summed E-state index contributed by atoms with van der Waals surface area (Å²) < 4.78 is 30.3. The molecule has 212 valence electrons. The Kier molecular flexibility index (Phi) is 11.7. The fourth-order valence-corrected chi connectivity index (χ4v) is 4.81. The third-order valence-electron chi connectivity index (χ3n) is 6.07. The Morgan fingerprint density at radius 3 is 2.54 bits per heavy atom. The molecule has 1 aliphatic heterocycles. The van der Waals surface area contributed by atoms with Crippen molar-refractivity contribution in [1.29, 1.82) is 0 Å². The predicted molar refractivity (Wildman–Crippen MR) is 136 cm³/mol. The van der Waals surface area contributed by atoms with Gasteiger partial charge in [0.05, 0.1) is 34.3 Å². The van der Waals surface area contributed by atoms with E-state index in [9.17, 15) is 28.7 Å². The second kappa shape index (κ2) is 13.8. The molecule has 3 N–H and O–H groups in total. The second-order valence-corrected chi connectivity index (χ2v) is 11.6. The number of unbranched alkanes of at least 4 members (excludes halogenated alkanes) is 2. The average molecular weight is 550 g/mol. The lowest BCUT2D eigenvalue weighted by molar-refractivity contribution is -0.870. The summed E-state index contributed by atoms with van der Waals surface area (Å²) in [7, 11) is 2.89. The Labute approximate surface area is 217 Å². The highest BCUT2D eigenvalue weighted by molar-refractivity contribution is 7.46. The van der Waals surface area contributed by atoms with Crippen molar-refractivity contribution < 1.29 is 37.6 Å². The number of aryl methyl sites for hydroxylation is 1. The summed E-state index contributed by atoms with van der Waals surface area (Å²) in [6.45, 7) is 3.27. The Morgan fingerprint density at radius 1 is 1.22 bits per heavy atom. The van der Waals surface area contributed by atoms with E-state index in [0.29, 0.717) is 31.4 Å². The van der Waals surface area contributed by atoms with Gasteiger partial charge in [-0.05, 0) is 26.2 Å². The number of methoxy groups -OCH3 is 1. The maximum atomic E-state index is 13.1. The van der Waals surface area contributed by atoms with E-state index in [2.05, 4.69) is 26.5 Å². The number of quaternary nitrogens is 1. The summed E-state index contributed by atoms with van der Waals surface area (Å²) in [4.78, 5) is 56.2. The van der Waals surface area contributed by atoms with Crippen LogP contribution < -0.4 is 16.6 Å². The fraction of sp³-hybridized carbons (Fsp3) is 0.783. The number of carbonyl (C=O) groups is 1. The van der Waals surface area contributed by atoms with Gasteiger partial charge in [-0.25, -0.2) is 9.36 Å². The molecule has 1 saturated heterocycles. The summed E-state index contributed by atoms with van der Waals surface area (Å²) in [6, 6.07) is 0. The van der Waals surface area contributed by atoms with E-state index in [4.69, 9.17) is 14.0 Å². The van der Waals surface area contributed by atoms with Crippen molar-refractivity contribution in [3.8, 4) is 0 Å². The zero-order chi connectivity index (χ0) is 27.8. The molecule has 0 aliphatic carbocycles. The van der Waals surface area contributed by atoms with Crippen LogP contribution in [0, 0.1) is 6.92 Å². The van der Waals surface area contributed by atoms with Crippen LogP contribution in [0.1, 0.15) is 50.3 Å². The minimum Gasteiger partial charge on any atom is -0.382 e. The van der Waals surface area contributed by atoms with Crippen LogP contribution in [0.2, 0.25) is 0 Å². The lowest BCUT2D eigenvalue weighted by atomic mass is 10.2. The zero-order valence-electron chi connectivity index (χ0n) is 22.4. The van der Waals surface area contributed by atoms with Gasteiger partial charge in [0.1, 0.15) is 18.4 Å². The molecule has 3 unspecified atom stereocenters. The van der Waals surface area contributed by atoms with Gasteiger partial charge in [0.2, 0.25) is 5.91 Å². The monoisotopic (exact) mass is 549 g/mol. The van der Waals surface area contributed by atoms with Crippen LogP contribution >= 0.6 is 7.82 Å².